The van der Waals surface area contributed by atoms with E-state index in [2.05, 4.69) is 36.9 Å². The summed E-state index contributed by atoms with van der Waals surface area (Å²) in [6, 6.07) is 13.7. The van der Waals surface area contributed by atoms with Crippen molar-refractivity contribution in [3.8, 4) is 0 Å². The van der Waals surface area contributed by atoms with Crippen LogP contribution >= 0.6 is 11.6 Å². The summed E-state index contributed by atoms with van der Waals surface area (Å²) >= 11 is 5.93. The average Bonchev–Trinajstić information content (AvgIpc) is 2.64. The number of hydrazine groups is 1. The quantitative estimate of drug-likeness (QED) is 0.705. The molecule has 3 amide bonds. The zero-order chi connectivity index (χ0) is 20.0. The van der Waals surface area contributed by atoms with Gasteiger partial charge in [0.25, 0.3) is 17.7 Å². The third-order valence-corrected chi connectivity index (χ3v) is 4.19. The third-order valence-electron chi connectivity index (χ3n) is 3.86. The number of carbonyl (C=O) groups excluding carboxylic acids is 3. The van der Waals surface area contributed by atoms with Gasteiger partial charge in [0.15, 0.2) is 0 Å². The van der Waals surface area contributed by atoms with E-state index < -0.39 is 17.7 Å². The van der Waals surface area contributed by atoms with Crippen molar-refractivity contribution in [1.82, 2.24) is 16.2 Å². The Kier molecular flexibility index (Phi) is 6.58. The van der Waals surface area contributed by atoms with E-state index in [1.165, 1.54) is 0 Å². The molecule has 0 bridgehead atoms. The van der Waals surface area contributed by atoms with Crippen molar-refractivity contribution >= 4 is 29.3 Å². The van der Waals surface area contributed by atoms with Gasteiger partial charge in [-0.15, -0.1) is 0 Å². The smallest absolute Gasteiger partial charge is 0.269 e. The van der Waals surface area contributed by atoms with Gasteiger partial charge < -0.3 is 5.32 Å². The Labute approximate surface area is 163 Å². The molecule has 0 aromatic heterocycles. The predicted molar refractivity (Wildman–Crippen MR) is 105 cm³/mol. The molecule has 0 unspecified atom stereocenters. The molecular weight excluding hydrogens is 366 g/mol. The molecule has 6 nitrogen and oxygen atoms in total. The fourth-order valence-electron chi connectivity index (χ4n) is 2.27. The van der Waals surface area contributed by atoms with Gasteiger partial charge >= 0.3 is 0 Å². The lowest BCUT2D eigenvalue weighted by molar-refractivity contribution is -0.120. The Hall–Kier alpha value is -2.86. The van der Waals surface area contributed by atoms with Crippen molar-refractivity contribution in [2.75, 3.05) is 6.54 Å². The zero-order valence-corrected chi connectivity index (χ0v) is 16.2. The first-order chi connectivity index (χ1) is 12.7. The van der Waals surface area contributed by atoms with E-state index in [-0.39, 0.29) is 17.5 Å². The van der Waals surface area contributed by atoms with Gasteiger partial charge in [0.05, 0.1) is 17.1 Å². The molecule has 3 N–H and O–H groups in total. The molecule has 0 atom stereocenters. The molecule has 2 rings (SSSR count). The number of halogens is 1. The molecule has 0 aliphatic heterocycles. The summed E-state index contributed by atoms with van der Waals surface area (Å²) in [7, 11) is 0. The first-order valence-electron chi connectivity index (χ1n) is 8.41. The molecule has 27 heavy (non-hydrogen) atoms. The number of rotatable bonds is 4. The van der Waals surface area contributed by atoms with Crippen LogP contribution in [0.25, 0.3) is 0 Å². The number of hydrogen-bond acceptors (Lipinski definition) is 3. The molecule has 0 aliphatic carbocycles. The summed E-state index contributed by atoms with van der Waals surface area (Å²) in [5.74, 6) is -1.48. The molecule has 0 fully saturated rings. The van der Waals surface area contributed by atoms with Crippen LogP contribution in [0.3, 0.4) is 0 Å². The lowest BCUT2D eigenvalue weighted by atomic mass is 9.87. The van der Waals surface area contributed by atoms with Gasteiger partial charge in [-0.05, 0) is 35.2 Å². The number of benzene rings is 2. The second-order valence-corrected chi connectivity index (χ2v) is 7.40. The summed E-state index contributed by atoms with van der Waals surface area (Å²) in [4.78, 5) is 35.9. The number of nitrogens with one attached hydrogen (secondary N) is 3. The minimum Gasteiger partial charge on any atom is -0.343 e. The Balaban J connectivity index is 1.82. The highest BCUT2D eigenvalue weighted by Gasteiger charge is 2.15. The van der Waals surface area contributed by atoms with E-state index >= 15 is 0 Å². The van der Waals surface area contributed by atoms with Crippen molar-refractivity contribution in [3.05, 3.63) is 70.2 Å². The topological polar surface area (TPSA) is 87.3 Å². The first kappa shape index (κ1) is 20.5. The number of hydrogen-bond donors (Lipinski definition) is 3. The van der Waals surface area contributed by atoms with Crippen molar-refractivity contribution in [2.45, 2.75) is 26.2 Å². The van der Waals surface area contributed by atoms with Crippen LogP contribution in [-0.2, 0) is 10.2 Å². The standard InChI is InChI=1S/C20H22ClN3O3/c1-20(2,3)14-10-8-13(9-11-14)18(26)24-23-17(25)12-22-19(27)15-6-4-5-7-16(15)21/h4-11H,12H2,1-3H3,(H,22,27)(H,23,25)(H,24,26). The van der Waals surface area contributed by atoms with Crippen molar-refractivity contribution in [2.24, 2.45) is 0 Å². The lowest BCUT2D eigenvalue weighted by Gasteiger charge is -2.19. The molecular formula is C20H22ClN3O3. The van der Waals surface area contributed by atoms with Gasteiger partial charge in [-0.3, -0.25) is 25.2 Å². The number of amides is 3. The van der Waals surface area contributed by atoms with E-state index in [0.29, 0.717) is 10.6 Å². The third kappa shape index (κ3) is 5.82. The Morgan fingerprint density at radius 2 is 1.52 bits per heavy atom. The normalized spacial score (nSPS) is 10.8. The predicted octanol–water partition coefficient (Wildman–Crippen LogP) is 2.83. The molecule has 0 aliphatic rings. The van der Waals surface area contributed by atoms with Gasteiger partial charge in [0.2, 0.25) is 0 Å². The molecule has 0 spiro atoms. The molecule has 142 valence electrons. The Morgan fingerprint density at radius 3 is 2.11 bits per heavy atom. The maximum Gasteiger partial charge on any atom is 0.269 e. The van der Waals surface area contributed by atoms with Crippen LogP contribution in [0, 0.1) is 0 Å². The SMILES string of the molecule is CC(C)(C)c1ccc(C(=O)NNC(=O)CNC(=O)c2ccccc2Cl)cc1. The molecule has 0 heterocycles. The second-order valence-electron chi connectivity index (χ2n) is 6.99. The van der Waals surface area contributed by atoms with Crippen molar-refractivity contribution in [3.63, 3.8) is 0 Å². The lowest BCUT2D eigenvalue weighted by Crippen LogP contribution is -2.46. The van der Waals surface area contributed by atoms with E-state index in [1.807, 2.05) is 12.1 Å². The summed E-state index contributed by atoms with van der Waals surface area (Å²) in [5, 5.41) is 2.73. The highest BCUT2D eigenvalue weighted by atomic mass is 35.5. The molecule has 2 aromatic carbocycles. The van der Waals surface area contributed by atoms with Gasteiger partial charge in [-0.2, -0.15) is 0 Å². The van der Waals surface area contributed by atoms with Gasteiger partial charge in [0, 0.05) is 5.56 Å². The van der Waals surface area contributed by atoms with E-state index in [1.54, 1.807) is 36.4 Å². The largest absolute Gasteiger partial charge is 0.343 e. The van der Waals surface area contributed by atoms with E-state index in [4.69, 9.17) is 11.6 Å². The van der Waals surface area contributed by atoms with E-state index in [0.717, 1.165) is 5.56 Å². The highest BCUT2D eigenvalue weighted by Crippen LogP contribution is 2.22. The molecule has 0 saturated heterocycles. The van der Waals surface area contributed by atoms with Crippen LogP contribution in [0.1, 0.15) is 47.1 Å². The monoisotopic (exact) mass is 387 g/mol. The maximum atomic E-state index is 12.1. The van der Waals surface area contributed by atoms with Gasteiger partial charge in [0.1, 0.15) is 0 Å². The fraction of sp³-hybridized carbons (Fsp3) is 0.250. The maximum absolute atomic E-state index is 12.1. The van der Waals surface area contributed by atoms with Gasteiger partial charge in [-0.1, -0.05) is 56.6 Å². The van der Waals surface area contributed by atoms with Crippen LogP contribution in [0.2, 0.25) is 5.02 Å². The average molecular weight is 388 g/mol. The fourth-order valence-corrected chi connectivity index (χ4v) is 2.49. The molecule has 2 aromatic rings. The number of carbonyl (C=O) groups is 3. The van der Waals surface area contributed by atoms with Crippen molar-refractivity contribution in [1.29, 1.82) is 0 Å². The van der Waals surface area contributed by atoms with Gasteiger partial charge in [-0.25, -0.2) is 0 Å². The minimum atomic E-state index is -0.560. The summed E-state index contributed by atoms with van der Waals surface area (Å²) in [6.45, 7) is 5.95. The molecule has 0 radical (unpaired) electrons. The van der Waals surface area contributed by atoms with Crippen LogP contribution < -0.4 is 16.2 Å². The zero-order valence-electron chi connectivity index (χ0n) is 15.4. The highest BCUT2D eigenvalue weighted by molar-refractivity contribution is 6.33. The second kappa shape index (κ2) is 8.68. The molecule has 7 heteroatoms. The van der Waals surface area contributed by atoms with Crippen LogP contribution in [-0.4, -0.2) is 24.3 Å². The van der Waals surface area contributed by atoms with Crippen LogP contribution in [0.4, 0.5) is 0 Å². The minimum absolute atomic E-state index is 0.0108. The van der Waals surface area contributed by atoms with Crippen LogP contribution in [0.15, 0.2) is 48.5 Å². The summed E-state index contributed by atoms with van der Waals surface area (Å²) in [6.07, 6.45) is 0. The Morgan fingerprint density at radius 1 is 0.889 bits per heavy atom. The van der Waals surface area contributed by atoms with Crippen LogP contribution in [0.5, 0.6) is 0 Å². The summed E-state index contributed by atoms with van der Waals surface area (Å²) in [5.41, 5.74) is 6.36. The first-order valence-corrected chi connectivity index (χ1v) is 8.79. The van der Waals surface area contributed by atoms with Crippen molar-refractivity contribution < 1.29 is 14.4 Å². The molecule has 0 saturated carbocycles. The summed E-state index contributed by atoms with van der Waals surface area (Å²) < 4.78 is 0. The Bertz CT molecular complexity index is 842. The van der Waals surface area contributed by atoms with E-state index in [9.17, 15) is 14.4 Å².